The SMILES string of the molecule is CCC1CCCCN1C(=O)NS(=O)(=O)C(C)=Cc1ccc(Cl)cc1. The molecule has 1 aromatic carbocycles. The number of likely N-dealkylation sites (tertiary alicyclic amines) is 1. The Morgan fingerprint density at radius 1 is 1.33 bits per heavy atom. The summed E-state index contributed by atoms with van der Waals surface area (Å²) in [5, 5.41) is 0.580. The summed E-state index contributed by atoms with van der Waals surface area (Å²) >= 11 is 5.82. The summed E-state index contributed by atoms with van der Waals surface area (Å²) < 4.78 is 27.0. The van der Waals surface area contributed by atoms with Gasteiger partial charge in [0, 0.05) is 17.6 Å². The molecule has 0 spiro atoms. The Bertz CT molecular complexity index is 714. The van der Waals surface area contributed by atoms with E-state index in [0.29, 0.717) is 17.1 Å². The third kappa shape index (κ3) is 4.74. The molecule has 1 N–H and O–H groups in total. The van der Waals surface area contributed by atoms with E-state index in [1.165, 1.54) is 13.0 Å². The number of amides is 2. The number of hydrogen-bond donors (Lipinski definition) is 1. The van der Waals surface area contributed by atoms with Crippen LogP contribution < -0.4 is 4.72 Å². The molecule has 1 aliphatic rings. The zero-order valence-electron chi connectivity index (χ0n) is 14.0. The summed E-state index contributed by atoms with van der Waals surface area (Å²) in [5.41, 5.74) is 0.708. The Morgan fingerprint density at radius 3 is 2.62 bits per heavy atom. The number of halogens is 1. The number of hydrogen-bond acceptors (Lipinski definition) is 3. The van der Waals surface area contributed by atoms with Crippen LogP contribution in [0.15, 0.2) is 29.2 Å². The number of nitrogens with zero attached hydrogens (tertiary/aromatic N) is 1. The Balaban J connectivity index is 2.11. The quantitative estimate of drug-likeness (QED) is 0.870. The predicted molar refractivity (Wildman–Crippen MR) is 97.2 cm³/mol. The van der Waals surface area contributed by atoms with Crippen LogP contribution in [-0.4, -0.2) is 31.9 Å². The highest BCUT2D eigenvalue weighted by Gasteiger charge is 2.28. The van der Waals surface area contributed by atoms with Crippen molar-refractivity contribution in [2.75, 3.05) is 6.54 Å². The Labute approximate surface area is 148 Å². The second-order valence-electron chi connectivity index (χ2n) is 5.97. The zero-order chi connectivity index (χ0) is 17.7. The van der Waals surface area contributed by atoms with Gasteiger partial charge in [-0.1, -0.05) is 30.7 Å². The number of benzene rings is 1. The third-order valence-electron chi connectivity index (χ3n) is 4.24. The normalized spacial score (nSPS) is 19.2. The molecular formula is C17H23ClN2O3S. The molecule has 7 heteroatoms. The van der Waals surface area contributed by atoms with Crippen LogP contribution in [0.1, 0.15) is 45.1 Å². The van der Waals surface area contributed by atoms with Gasteiger partial charge in [-0.25, -0.2) is 17.9 Å². The first-order chi connectivity index (χ1) is 11.3. The van der Waals surface area contributed by atoms with Crippen LogP contribution in [0.3, 0.4) is 0 Å². The lowest BCUT2D eigenvalue weighted by Gasteiger charge is -2.35. The van der Waals surface area contributed by atoms with Crippen LogP contribution >= 0.6 is 11.6 Å². The molecule has 1 atom stereocenters. The largest absolute Gasteiger partial charge is 0.331 e. The van der Waals surface area contributed by atoms with Gasteiger partial charge in [0.05, 0.1) is 4.91 Å². The smallest absolute Gasteiger partial charge is 0.321 e. The lowest BCUT2D eigenvalue weighted by Crippen LogP contribution is -2.49. The van der Waals surface area contributed by atoms with Gasteiger partial charge in [-0.2, -0.15) is 0 Å². The number of carbonyl (C=O) groups excluding carboxylic acids is 1. The summed E-state index contributed by atoms with van der Waals surface area (Å²) in [5.74, 6) is 0. The van der Waals surface area contributed by atoms with Gasteiger partial charge >= 0.3 is 6.03 Å². The molecule has 2 amide bonds. The maximum absolute atomic E-state index is 12.4. The van der Waals surface area contributed by atoms with Crippen LogP contribution in [0, 0.1) is 0 Å². The molecule has 1 saturated heterocycles. The van der Waals surface area contributed by atoms with Gasteiger partial charge in [-0.05, 0) is 56.4 Å². The number of allylic oxidation sites excluding steroid dienone is 1. The summed E-state index contributed by atoms with van der Waals surface area (Å²) in [6.07, 6.45) is 5.24. The molecule has 5 nitrogen and oxygen atoms in total. The molecule has 1 aliphatic heterocycles. The second kappa shape index (κ2) is 8.03. The van der Waals surface area contributed by atoms with E-state index in [2.05, 4.69) is 4.72 Å². The molecule has 0 bridgehead atoms. The van der Waals surface area contributed by atoms with E-state index in [1.807, 2.05) is 6.92 Å². The highest BCUT2D eigenvalue weighted by molar-refractivity contribution is 7.94. The molecule has 1 aromatic rings. The Kier molecular flexibility index (Phi) is 6.29. The van der Waals surface area contributed by atoms with Crippen molar-refractivity contribution in [3.63, 3.8) is 0 Å². The number of piperidine rings is 1. The van der Waals surface area contributed by atoms with Gasteiger partial charge in [-0.15, -0.1) is 0 Å². The predicted octanol–water partition coefficient (Wildman–Crippen LogP) is 4.00. The van der Waals surface area contributed by atoms with Crippen LogP contribution in [0.4, 0.5) is 4.79 Å². The fourth-order valence-electron chi connectivity index (χ4n) is 2.82. The summed E-state index contributed by atoms with van der Waals surface area (Å²) in [6.45, 7) is 4.08. The zero-order valence-corrected chi connectivity index (χ0v) is 15.5. The first kappa shape index (κ1) is 18.8. The van der Waals surface area contributed by atoms with Crippen molar-refractivity contribution in [3.05, 3.63) is 39.8 Å². The molecule has 0 aromatic heterocycles. The van der Waals surface area contributed by atoms with Crippen LogP contribution in [-0.2, 0) is 10.0 Å². The van der Waals surface area contributed by atoms with Crippen molar-refractivity contribution in [1.82, 2.24) is 9.62 Å². The van der Waals surface area contributed by atoms with Gasteiger partial charge < -0.3 is 4.90 Å². The minimum atomic E-state index is -3.86. The van der Waals surface area contributed by atoms with Crippen molar-refractivity contribution >= 4 is 33.7 Å². The highest BCUT2D eigenvalue weighted by Crippen LogP contribution is 2.20. The second-order valence-corrected chi connectivity index (χ2v) is 8.26. The molecule has 2 rings (SSSR count). The van der Waals surface area contributed by atoms with Crippen molar-refractivity contribution in [3.8, 4) is 0 Å². The molecule has 0 saturated carbocycles. The van der Waals surface area contributed by atoms with Crippen molar-refractivity contribution in [2.45, 2.75) is 45.6 Å². The van der Waals surface area contributed by atoms with Gasteiger partial charge in [0.2, 0.25) is 0 Å². The number of rotatable bonds is 4. The highest BCUT2D eigenvalue weighted by atomic mass is 35.5. The minimum absolute atomic E-state index is 0.0863. The third-order valence-corrected chi connectivity index (χ3v) is 5.91. The molecule has 132 valence electrons. The molecule has 0 radical (unpaired) electrons. The van der Waals surface area contributed by atoms with E-state index < -0.39 is 16.1 Å². The van der Waals surface area contributed by atoms with E-state index >= 15 is 0 Å². The minimum Gasteiger partial charge on any atom is -0.321 e. The first-order valence-corrected chi connectivity index (χ1v) is 9.97. The van der Waals surface area contributed by atoms with E-state index in [4.69, 9.17) is 11.6 Å². The molecule has 1 fully saturated rings. The van der Waals surface area contributed by atoms with Crippen molar-refractivity contribution in [1.29, 1.82) is 0 Å². The lowest BCUT2D eigenvalue weighted by atomic mass is 10.0. The summed E-state index contributed by atoms with van der Waals surface area (Å²) in [6, 6.07) is 6.39. The van der Waals surface area contributed by atoms with Crippen LogP contribution in [0.5, 0.6) is 0 Å². The van der Waals surface area contributed by atoms with Gasteiger partial charge in [-0.3, -0.25) is 0 Å². The maximum atomic E-state index is 12.4. The Morgan fingerprint density at radius 2 is 2.00 bits per heavy atom. The standard InChI is InChI=1S/C17H23ClN2O3S/c1-3-16-6-4-5-11-20(16)17(21)19-24(22,23)13(2)12-14-7-9-15(18)10-8-14/h7-10,12,16H,3-6,11H2,1-2H3,(H,19,21). The van der Waals surface area contributed by atoms with E-state index in [0.717, 1.165) is 25.7 Å². The fraction of sp³-hybridized carbons (Fsp3) is 0.471. The summed E-state index contributed by atoms with van der Waals surface area (Å²) in [7, 11) is -3.86. The monoisotopic (exact) mass is 370 g/mol. The van der Waals surface area contributed by atoms with Crippen molar-refractivity contribution < 1.29 is 13.2 Å². The first-order valence-electron chi connectivity index (χ1n) is 8.11. The topological polar surface area (TPSA) is 66.5 Å². The van der Waals surface area contributed by atoms with Crippen LogP contribution in [0.2, 0.25) is 5.02 Å². The van der Waals surface area contributed by atoms with E-state index in [-0.39, 0.29) is 10.9 Å². The van der Waals surface area contributed by atoms with Gasteiger partial charge in [0.25, 0.3) is 10.0 Å². The maximum Gasteiger partial charge on any atom is 0.331 e. The van der Waals surface area contributed by atoms with E-state index in [9.17, 15) is 13.2 Å². The number of sulfonamides is 1. The van der Waals surface area contributed by atoms with Crippen molar-refractivity contribution in [2.24, 2.45) is 0 Å². The number of carbonyl (C=O) groups is 1. The fourth-order valence-corrected chi connectivity index (χ4v) is 3.74. The summed E-state index contributed by atoms with van der Waals surface area (Å²) in [4.78, 5) is 14.1. The van der Waals surface area contributed by atoms with Crippen LogP contribution in [0.25, 0.3) is 6.08 Å². The molecule has 1 heterocycles. The molecular weight excluding hydrogens is 348 g/mol. The molecule has 0 aliphatic carbocycles. The Hall–Kier alpha value is -1.53. The van der Waals surface area contributed by atoms with Gasteiger partial charge in [0.15, 0.2) is 0 Å². The average Bonchev–Trinajstić information content (AvgIpc) is 2.56. The van der Waals surface area contributed by atoms with E-state index in [1.54, 1.807) is 29.2 Å². The number of urea groups is 1. The number of nitrogens with one attached hydrogen (secondary N) is 1. The molecule has 1 unspecified atom stereocenters. The average molecular weight is 371 g/mol. The molecule has 24 heavy (non-hydrogen) atoms. The lowest BCUT2D eigenvalue weighted by molar-refractivity contribution is 0.154. The van der Waals surface area contributed by atoms with Gasteiger partial charge in [0.1, 0.15) is 0 Å².